The number of fused-ring (bicyclic) bond motifs is 1. The third-order valence-electron chi connectivity index (χ3n) is 4.06. The van der Waals surface area contributed by atoms with Gasteiger partial charge in [0.1, 0.15) is 23.3 Å². The molecule has 2 aromatic carbocycles. The summed E-state index contributed by atoms with van der Waals surface area (Å²) in [4.78, 5) is 1.90. The molecule has 0 saturated carbocycles. The highest BCUT2D eigenvalue weighted by molar-refractivity contribution is 5.62. The van der Waals surface area contributed by atoms with Gasteiger partial charge in [-0.05, 0) is 37.1 Å². The average molecular weight is 284 g/mol. The summed E-state index contributed by atoms with van der Waals surface area (Å²) in [6, 6.07) is 11.3. The third kappa shape index (κ3) is 2.15. The summed E-state index contributed by atoms with van der Waals surface area (Å²) in [5.74, 6) is -0.791. The van der Waals surface area contributed by atoms with Crippen molar-refractivity contribution in [3.63, 3.8) is 0 Å². The molecular weight excluding hydrogens is 270 g/mol. The van der Waals surface area contributed by atoms with Crippen LogP contribution in [-0.4, -0.2) is 6.54 Å². The molecule has 1 aliphatic rings. The monoisotopic (exact) mass is 284 g/mol. The molecule has 3 rings (SSSR count). The van der Waals surface area contributed by atoms with E-state index in [1.54, 1.807) is 18.2 Å². The van der Waals surface area contributed by atoms with Gasteiger partial charge in [0.15, 0.2) is 0 Å². The number of benzene rings is 2. The van der Waals surface area contributed by atoms with Gasteiger partial charge in [0.25, 0.3) is 0 Å². The Labute approximate surface area is 122 Å². The van der Waals surface area contributed by atoms with Crippen molar-refractivity contribution in [2.24, 2.45) is 0 Å². The van der Waals surface area contributed by atoms with Gasteiger partial charge >= 0.3 is 0 Å². The van der Waals surface area contributed by atoms with Crippen molar-refractivity contribution in [2.75, 3.05) is 11.4 Å². The van der Waals surface area contributed by atoms with Crippen LogP contribution in [0.3, 0.4) is 0 Å². The van der Waals surface area contributed by atoms with Crippen LogP contribution in [-0.2, 0) is 6.42 Å². The second-order valence-corrected chi connectivity index (χ2v) is 5.18. The van der Waals surface area contributed by atoms with Crippen LogP contribution in [0.1, 0.15) is 29.7 Å². The van der Waals surface area contributed by atoms with Crippen LogP contribution in [0, 0.1) is 23.0 Å². The SMILES string of the molecule is CC1c2c(F)cccc2CCN1c1cccc(F)c1C#N. The molecule has 2 aromatic rings. The van der Waals surface area contributed by atoms with E-state index in [1.807, 2.05) is 24.0 Å². The molecule has 0 radical (unpaired) electrons. The Morgan fingerprint density at radius 1 is 1.14 bits per heavy atom. The maximum atomic E-state index is 14.1. The molecule has 0 aromatic heterocycles. The van der Waals surface area contributed by atoms with Crippen molar-refractivity contribution in [1.82, 2.24) is 0 Å². The topological polar surface area (TPSA) is 27.0 Å². The minimum absolute atomic E-state index is 0.0177. The largest absolute Gasteiger partial charge is 0.363 e. The first-order chi connectivity index (χ1) is 10.1. The van der Waals surface area contributed by atoms with Crippen LogP contribution >= 0.6 is 0 Å². The van der Waals surface area contributed by atoms with E-state index in [-0.39, 0.29) is 17.4 Å². The number of halogens is 2. The van der Waals surface area contributed by atoms with Gasteiger partial charge < -0.3 is 4.90 Å². The van der Waals surface area contributed by atoms with Crippen LogP contribution in [0.2, 0.25) is 0 Å². The van der Waals surface area contributed by atoms with Gasteiger partial charge in [0.05, 0.1) is 11.7 Å². The lowest BCUT2D eigenvalue weighted by Gasteiger charge is -2.37. The standard InChI is InChI=1S/C17H14F2N2/c1-11-17-12(4-2-6-15(17)19)8-9-21(11)16-7-3-5-14(18)13(16)10-20/h2-7,11H,8-9H2,1H3. The molecule has 1 unspecified atom stereocenters. The zero-order valence-electron chi connectivity index (χ0n) is 11.6. The Hall–Kier alpha value is -2.41. The number of rotatable bonds is 1. The Morgan fingerprint density at radius 2 is 1.86 bits per heavy atom. The summed E-state index contributed by atoms with van der Waals surface area (Å²) in [6.07, 6.45) is 0.679. The van der Waals surface area contributed by atoms with Crippen molar-refractivity contribution in [3.05, 3.63) is 64.7 Å². The molecule has 0 fully saturated rings. The molecule has 2 nitrogen and oxygen atoms in total. The van der Waals surface area contributed by atoms with E-state index in [2.05, 4.69) is 0 Å². The highest BCUT2D eigenvalue weighted by Crippen LogP contribution is 2.36. The molecule has 21 heavy (non-hydrogen) atoms. The Kier molecular flexibility index (Phi) is 3.34. The van der Waals surface area contributed by atoms with Gasteiger partial charge in [0, 0.05) is 12.1 Å². The second kappa shape index (κ2) is 5.17. The molecule has 0 spiro atoms. The molecular formula is C17H14F2N2. The molecule has 1 aliphatic heterocycles. The van der Waals surface area contributed by atoms with Gasteiger partial charge in [-0.25, -0.2) is 8.78 Å². The summed E-state index contributed by atoms with van der Waals surface area (Å²) in [7, 11) is 0. The lowest BCUT2D eigenvalue weighted by molar-refractivity contribution is 0.546. The summed E-state index contributed by atoms with van der Waals surface area (Å²) in [5.41, 5.74) is 2.16. The highest BCUT2D eigenvalue weighted by atomic mass is 19.1. The first-order valence-corrected chi connectivity index (χ1v) is 6.86. The Balaban J connectivity index is 2.09. The summed E-state index contributed by atoms with van der Waals surface area (Å²) < 4.78 is 27.9. The molecule has 1 atom stereocenters. The van der Waals surface area contributed by atoms with Gasteiger partial charge in [-0.3, -0.25) is 0 Å². The first kappa shape index (κ1) is 13.6. The van der Waals surface area contributed by atoms with Crippen LogP contribution in [0.4, 0.5) is 14.5 Å². The van der Waals surface area contributed by atoms with E-state index in [9.17, 15) is 14.0 Å². The molecule has 0 saturated heterocycles. The van der Waals surface area contributed by atoms with Gasteiger partial charge in [-0.15, -0.1) is 0 Å². The first-order valence-electron chi connectivity index (χ1n) is 6.86. The van der Waals surface area contributed by atoms with Gasteiger partial charge in [-0.2, -0.15) is 5.26 Å². The highest BCUT2D eigenvalue weighted by Gasteiger charge is 2.28. The minimum Gasteiger partial charge on any atom is -0.363 e. The molecule has 1 heterocycles. The second-order valence-electron chi connectivity index (χ2n) is 5.18. The zero-order valence-corrected chi connectivity index (χ0v) is 11.6. The zero-order chi connectivity index (χ0) is 15.0. The molecule has 106 valence electrons. The van der Waals surface area contributed by atoms with Crippen molar-refractivity contribution in [2.45, 2.75) is 19.4 Å². The maximum Gasteiger partial charge on any atom is 0.143 e. The number of nitrogens with zero attached hydrogens (tertiary/aromatic N) is 2. The fraction of sp³-hybridized carbons (Fsp3) is 0.235. The van der Waals surface area contributed by atoms with Gasteiger partial charge in [0.2, 0.25) is 0 Å². The quantitative estimate of drug-likeness (QED) is 0.792. The van der Waals surface area contributed by atoms with E-state index in [0.717, 1.165) is 5.56 Å². The summed E-state index contributed by atoms with van der Waals surface area (Å²) >= 11 is 0. The lowest BCUT2D eigenvalue weighted by Crippen LogP contribution is -2.35. The normalized spacial score (nSPS) is 17.2. The molecule has 0 N–H and O–H groups in total. The number of anilines is 1. The Morgan fingerprint density at radius 3 is 2.62 bits per heavy atom. The smallest absolute Gasteiger partial charge is 0.143 e. The van der Waals surface area contributed by atoms with E-state index in [4.69, 9.17) is 0 Å². The molecule has 0 aliphatic carbocycles. The maximum absolute atomic E-state index is 14.1. The van der Waals surface area contributed by atoms with Crippen molar-refractivity contribution in [1.29, 1.82) is 5.26 Å². The van der Waals surface area contributed by atoms with Gasteiger partial charge in [-0.1, -0.05) is 18.2 Å². The van der Waals surface area contributed by atoms with Crippen molar-refractivity contribution >= 4 is 5.69 Å². The molecule has 0 bridgehead atoms. The lowest BCUT2D eigenvalue weighted by atomic mass is 9.92. The fourth-order valence-electron chi connectivity index (χ4n) is 3.05. The predicted octanol–water partition coefficient (Wildman–Crippen LogP) is 3.96. The van der Waals surface area contributed by atoms with Crippen molar-refractivity contribution < 1.29 is 8.78 Å². The van der Waals surface area contributed by atoms with E-state index < -0.39 is 5.82 Å². The number of hydrogen-bond donors (Lipinski definition) is 0. The van der Waals surface area contributed by atoms with E-state index in [0.29, 0.717) is 24.2 Å². The fourth-order valence-corrected chi connectivity index (χ4v) is 3.05. The number of hydrogen-bond acceptors (Lipinski definition) is 2. The third-order valence-corrected chi connectivity index (χ3v) is 4.06. The van der Waals surface area contributed by atoms with Crippen LogP contribution < -0.4 is 4.90 Å². The van der Waals surface area contributed by atoms with Crippen LogP contribution in [0.25, 0.3) is 0 Å². The van der Waals surface area contributed by atoms with E-state index in [1.165, 1.54) is 12.1 Å². The molecule has 4 heteroatoms. The Bertz CT molecular complexity index is 734. The predicted molar refractivity (Wildman–Crippen MR) is 77.0 cm³/mol. The minimum atomic E-state index is -0.540. The number of nitriles is 1. The van der Waals surface area contributed by atoms with Crippen LogP contribution in [0.15, 0.2) is 36.4 Å². The summed E-state index contributed by atoms with van der Waals surface area (Å²) in [5, 5.41) is 9.18. The molecule has 0 amide bonds. The van der Waals surface area contributed by atoms with Crippen LogP contribution in [0.5, 0.6) is 0 Å². The summed E-state index contributed by atoms with van der Waals surface area (Å²) in [6.45, 7) is 2.52. The average Bonchev–Trinajstić information content (AvgIpc) is 2.47. The van der Waals surface area contributed by atoms with E-state index >= 15 is 0 Å². The van der Waals surface area contributed by atoms with Crippen molar-refractivity contribution in [3.8, 4) is 6.07 Å².